The Morgan fingerprint density at radius 2 is 2.18 bits per heavy atom. The van der Waals surface area contributed by atoms with Gasteiger partial charge in [0.2, 0.25) is 0 Å². The molecule has 0 aliphatic heterocycles. The standard InChI is InChI=1S/C8H11NOS/c1-6-3-4-7(10-2)8(5-6)11-9/h3-5H,9H2,1-2H3. The van der Waals surface area contributed by atoms with Crippen LogP contribution in [0.2, 0.25) is 0 Å². The SMILES string of the molecule is COc1ccc(C)cc1SN. The van der Waals surface area contributed by atoms with Crippen LogP contribution in [0.1, 0.15) is 5.56 Å². The van der Waals surface area contributed by atoms with Gasteiger partial charge in [-0.2, -0.15) is 0 Å². The lowest BCUT2D eigenvalue weighted by Crippen LogP contribution is -1.89. The number of rotatable bonds is 2. The van der Waals surface area contributed by atoms with Crippen LogP contribution in [0, 0.1) is 6.92 Å². The number of hydrogen-bond acceptors (Lipinski definition) is 3. The van der Waals surface area contributed by atoms with Gasteiger partial charge in [-0.05, 0) is 36.6 Å². The van der Waals surface area contributed by atoms with E-state index in [1.165, 1.54) is 17.5 Å². The van der Waals surface area contributed by atoms with E-state index in [0.29, 0.717) is 0 Å². The molecule has 0 unspecified atom stereocenters. The fourth-order valence-corrected chi connectivity index (χ4v) is 1.40. The van der Waals surface area contributed by atoms with Gasteiger partial charge >= 0.3 is 0 Å². The molecule has 1 rings (SSSR count). The van der Waals surface area contributed by atoms with Crippen molar-refractivity contribution in [3.63, 3.8) is 0 Å². The second-order valence-electron chi connectivity index (χ2n) is 2.27. The Balaban J connectivity index is 3.06. The average Bonchev–Trinajstić information content (AvgIpc) is 2.04. The lowest BCUT2D eigenvalue weighted by atomic mass is 10.2. The van der Waals surface area contributed by atoms with Crippen molar-refractivity contribution in [3.8, 4) is 5.75 Å². The summed E-state index contributed by atoms with van der Waals surface area (Å²) in [5.74, 6) is 0.836. The Morgan fingerprint density at radius 1 is 1.45 bits per heavy atom. The Morgan fingerprint density at radius 3 is 2.73 bits per heavy atom. The second kappa shape index (κ2) is 3.64. The smallest absolute Gasteiger partial charge is 0.133 e. The predicted molar refractivity (Wildman–Crippen MR) is 47.8 cm³/mol. The molecule has 0 saturated heterocycles. The van der Waals surface area contributed by atoms with Crippen LogP contribution in [0.4, 0.5) is 0 Å². The van der Waals surface area contributed by atoms with E-state index in [0.717, 1.165) is 10.6 Å². The summed E-state index contributed by atoms with van der Waals surface area (Å²) in [5, 5.41) is 5.43. The van der Waals surface area contributed by atoms with Gasteiger partial charge in [-0.3, -0.25) is 5.14 Å². The summed E-state index contributed by atoms with van der Waals surface area (Å²) < 4.78 is 5.09. The molecule has 0 amide bonds. The average molecular weight is 169 g/mol. The molecule has 0 fully saturated rings. The van der Waals surface area contributed by atoms with Crippen LogP contribution in [0.25, 0.3) is 0 Å². The molecule has 3 heteroatoms. The first kappa shape index (κ1) is 8.43. The quantitative estimate of drug-likeness (QED) is 0.687. The molecular formula is C8H11NOS. The summed E-state index contributed by atoms with van der Waals surface area (Å²) in [6.45, 7) is 2.03. The van der Waals surface area contributed by atoms with Gasteiger partial charge in [-0.15, -0.1) is 0 Å². The third kappa shape index (κ3) is 1.88. The molecule has 0 atom stereocenters. The first-order chi connectivity index (χ1) is 5.27. The zero-order valence-electron chi connectivity index (χ0n) is 6.63. The predicted octanol–water partition coefficient (Wildman–Crippen LogP) is 1.97. The molecule has 0 radical (unpaired) electrons. The van der Waals surface area contributed by atoms with Gasteiger partial charge in [0.05, 0.1) is 12.0 Å². The van der Waals surface area contributed by atoms with Gasteiger partial charge in [0.15, 0.2) is 0 Å². The number of ether oxygens (including phenoxy) is 1. The molecule has 11 heavy (non-hydrogen) atoms. The van der Waals surface area contributed by atoms with Gasteiger partial charge in [0, 0.05) is 0 Å². The summed E-state index contributed by atoms with van der Waals surface area (Å²) in [4.78, 5) is 0.979. The van der Waals surface area contributed by atoms with Crippen molar-refractivity contribution in [2.24, 2.45) is 5.14 Å². The molecule has 0 saturated carbocycles. The molecule has 0 aromatic heterocycles. The molecule has 0 aliphatic carbocycles. The van der Waals surface area contributed by atoms with Crippen LogP contribution in [0.5, 0.6) is 5.75 Å². The van der Waals surface area contributed by atoms with Gasteiger partial charge in [0.25, 0.3) is 0 Å². The van der Waals surface area contributed by atoms with Crippen LogP contribution in [-0.4, -0.2) is 7.11 Å². The molecule has 0 spiro atoms. The highest BCUT2D eigenvalue weighted by Crippen LogP contribution is 2.26. The van der Waals surface area contributed by atoms with E-state index in [9.17, 15) is 0 Å². The van der Waals surface area contributed by atoms with Crippen LogP contribution in [0.3, 0.4) is 0 Å². The minimum absolute atomic E-state index is 0.836. The lowest BCUT2D eigenvalue weighted by molar-refractivity contribution is 0.404. The van der Waals surface area contributed by atoms with Crippen LogP contribution < -0.4 is 9.88 Å². The van der Waals surface area contributed by atoms with Gasteiger partial charge in [-0.25, -0.2) is 0 Å². The Kier molecular flexibility index (Phi) is 2.79. The highest BCUT2D eigenvalue weighted by Gasteiger charge is 2.00. The summed E-state index contributed by atoms with van der Waals surface area (Å²) in [6, 6.07) is 5.92. The maximum Gasteiger partial charge on any atom is 0.133 e. The Bertz CT molecular complexity index is 250. The third-order valence-electron chi connectivity index (χ3n) is 1.45. The first-order valence-corrected chi connectivity index (χ1v) is 4.17. The van der Waals surface area contributed by atoms with E-state index in [1.54, 1.807) is 7.11 Å². The highest BCUT2D eigenvalue weighted by molar-refractivity contribution is 7.97. The first-order valence-electron chi connectivity index (χ1n) is 3.29. The van der Waals surface area contributed by atoms with E-state index in [4.69, 9.17) is 9.88 Å². The third-order valence-corrected chi connectivity index (χ3v) is 2.02. The molecule has 0 heterocycles. The number of hydrogen-bond donors (Lipinski definition) is 1. The van der Waals surface area contributed by atoms with Crippen molar-refractivity contribution in [1.82, 2.24) is 0 Å². The van der Waals surface area contributed by atoms with Crippen molar-refractivity contribution in [3.05, 3.63) is 23.8 Å². The van der Waals surface area contributed by atoms with Crippen molar-refractivity contribution in [2.75, 3.05) is 7.11 Å². The van der Waals surface area contributed by atoms with Crippen LogP contribution in [0.15, 0.2) is 23.1 Å². The van der Waals surface area contributed by atoms with Crippen LogP contribution >= 0.6 is 11.9 Å². The maximum atomic E-state index is 5.43. The number of methoxy groups -OCH3 is 1. The van der Waals surface area contributed by atoms with Crippen molar-refractivity contribution >= 4 is 11.9 Å². The molecule has 2 N–H and O–H groups in total. The molecule has 0 bridgehead atoms. The summed E-state index contributed by atoms with van der Waals surface area (Å²) >= 11 is 1.21. The zero-order chi connectivity index (χ0) is 8.27. The van der Waals surface area contributed by atoms with E-state index < -0.39 is 0 Å². The topological polar surface area (TPSA) is 35.2 Å². The zero-order valence-corrected chi connectivity index (χ0v) is 7.44. The Hall–Kier alpha value is -0.670. The van der Waals surface area contributed by atoms with Crippen molar-refractivity contribution in [1.29, 1.82) is 0 Å². The molecule has 2 nitrogen and oxygen atoms in total. The second-order valence-corrected chi connectivity index (χ2v) is 2.95. The van der Waals surface area contributed by atoms with Gasteiger partial charge < -0.3 is 4.74 Å². The Labute approximate surface area is 70.9 Å². The highest BCUT2D eigenvalue weighted by atomic mass is 32.2. The summed E-state index contributed by atoms with van der Waals surface area (Å²) in [5.41, 5.74) is 1.19. The maximum absolute atomic E-state index is 5.43. The van der Waals surface area contributed by atoms with E-state index in [-0.39, 0.29) is 0 Å². The molecular weight excluding hydrogens is 158 g/mol. The lowest BCUT2D eigenvalue weighted by Gasteiger charge is -2.05. The number of benzene rings is 1. The van der Waals surface area contributed by atoms with Crippen molar-refractivity contribution < 1.29 is 4.74 Å². The van der Waals surface area contributed by atoms with E-state index in [2.05, 4.69) is 0 Å². The summed E-state index contributed by atoms with van der Waals surface area (Å²) in [7, 11) is 1.64. The molecule has 0 aliphatic rings. The van der Waals surface area contributed by atoms with E-state index in [1.807, 2.05) is 25.1 Å². The number of nitrogens with two attached hydrogens (primary N) is 1. The largest absolute Gasteiger partial charge is 0.496 e. The fourth-order valence-electron chi connectivity index (χ4n) is 0.876. The van der Waals surface area contributed by atoms with E-state index >= 15 is 0 Å². The number of aryl methyl sites for hydroxylation is 1. The molecule has 60 valence electrons. The molecule has 1 aromatic rings. The minimum atomic E-state index is 0.836. The minimum Gasteiger partial charge on any atom is -0.496 e. The molecule has 1 aromatic carbocycles. The fraction of sp³-hybridized carbons (Fsp3) is 0.250. The normalized spacial score (nSPS) is 9.73. The van der Waals surface area contributed by atoms with Gasteiger partial charge in [0.1, 0.15) is 5.75 Å². The van der Waals surface area contributed by atoms with Crippen molar-refractivity contribution in [2.45, 2.75) is 11.8 Å². The van der Waals surface area contributed by atoms with Crippen LogP contribution in [-0.2, 0) is 0 Å². The summed E-state index contributed by atoms with van der Waals surface area (Å²) in [6.07, 6.45) is 0. The van der Waals surface area contributed by atoms with Gasteiger partial charge in [-0.1, -0.05) is 6.07 Å². The monoisotopic (exact) mass is 169 g/mol.